The standard InChI is InChI=1S/C19H16N2O5S/c1-2-26-15-8-11(6-7-14(15)22)9-16-17(23)21-19(27-16)20-13-5-3-4-12(10-13)18(24)25/h3-10,22H,2H2,1H3,(H,24,25)(H,20,21,23). The quantitative estimate of drug-likeness (QED) is 0.682. The SMILES string of the molecule is CCOc1cc(C=C2SC(=Nc3cccc(C(=O)O)c3)NC2=O)ccc1O. The van der Waals surface area contributed by atoms with Gasteiger partial charge in [0.05, 0.1) is 22.8 Å². The maximum absolute atomic E-state index is 12.2. The van der Waals surface area contributed by atoms with Gasteiger partial charge in [-0.15, -0.1) is 0 Å². The lowest BCUT2D eigenvalue weighted by Crippen LogP contribution is -2.19. The van der Waals surface area contributed by atoms with Crippen LogP contribution in [-0.4, -0.2) is 33.9 Å². The molecule has 1 fully saturated rings. The number of carbonyl (C=O) groups is 2. The molecule has 0 radical (unpaired) electrons. The monoisotopic (exact) mass is 384 g/mol. The Labute approximate surface area is 159 Å². The number of carboxylic acid groups (broad SMARTS) is 1. The zero-order valence-corrected chi connectivity index (χ0v) is 15.1. The molecule has 3 rings (SSSR count). The minimum Gasteiger partial charge on any atom is -0.504 e. The predicted octanol–water partition coefficient (Wildman–Crippen LogP) is 3.38. The van der Waals surface area contributed by atoms with Crippen molar-refractivity contribution in [1.29, 1.82) is 0 Å². The number of phenols is 1. The van der Waals surface area contributed by atoms with Gasteiger partial charge in [-0.25, -0.2) is 9.79 Å². The van der Waals surface area contributed by atoms with Gasteiger partial charge in [0.15, 0.2) is 16.7 Å². The predicted molar refractivity (Wildman–Crippen MR) is 103 cm³/mol. The Morgan fingerprint density at radius 3 is 2.85 bits per heavy atom. The highest BCUT2D eigenvalue weighted by Gasteiger charge is 2.24. The Bertz CT molecular complexity index is 968. The van der Waals surface area contributed by atoms with Gasteiger partial charge in [-0.05, 0) is 60.7 Å². The smallest absolute Gasteiger partial charge is 0.335 e. The summed E-state index contributed by atoms with van der Waals surface area (Å²) in [7, 11) is 0. The fourth-order valence-electron chi connectivity index (χ4n) is 2.35. The third-order valence-corrected chi connectivity index (χ3v) is 4.47. The highest BCUT2D eigenvalue weighted by atomic mass is 32.2. The van der Waals surface area contributed by atoms with Gasteiger partial charge in [0.25, 0.3) is 5.91 Å². The van der Waals surface area contributed by atoms with Gasteiger partial charge in [0.2, 0.25) is 0 Å². The first-order chi connectivity index (χ1) is 13.0. The molecule has 1 heterocycles. The summed E-state index contributed by atoms with van der Waals surface area (Å²) in [5.74, 6) is -0.977. The van der Waals surface area contributed by atoms with Crippen LogP contribution >= 0.6 is 11.8 Å². The number of hydrogen-bond donors (Lipinski definition) is 3. The van der Waals surface area contributed by atoms with E-state index in [1.807, 2.05) is 6.92 Å². The normalized spacial score (nSPS) is 16.6. The van der Waals surface area contributed by atoms with E-state index in [-0.39, 0.29) is 17.2 Å². The summed E-state index contributed by atoms with van der Waals surface area (Å²) in [5.41, 5.74) is 1.25. The van der Waals surface area contributed by atoms with Gasteiger partial charge < -0.3 is 20.3 Å². The van der Waals surface area contributed by atoms with Gasteiger partial charge in [-0.1, -0.05) is 12.1 Å². The van der Waals surface area contributed by atoms with Crippen LogP contribution in [0.1, 0.15) is 22.8 Å². The molecule has 8 heteroatoms. The number of carbonyl (C=O) groups excluding carboxylic acids is 1. The lowest BCUT2D eigenvalue weighted by atomic mass is 10.2. The molecule has 0 atom stereocenters. The first-order valence-electron chi connectivity index (χ1n) is 8.05. The van der Waals surface area contributed by atoms with Crippen molar-refractivity contribution in [1.82, 2.24) is 5.32 Å². The zero-order chi connectivity index (χ0) is 19.4. The summed E-state index contributed by atoms with van der Waals surface area (Å²) >= 11 is 1.15. The number of aromatic hydroxyl groups is 1. The van der Waals surface area contributed by atoms with Crippen LogP contribution in [0, 0.1) is 0 Å². The first-order valence-corrected chi connectivity index (χ1v) is 8.86. The molecule has 0 saturated carbocycles. The molecule has 0 aromatic heterocycles. The fraction of sp³-hybridized carbons (Fsp3) is 0.105. The summed E-state index contributed by atoms with van der Waals surface area (Å²) in [6, 6.07) is 11.0. The maximum atomic E-state index is 12.2. The number of amidine groups is 1. The molecule has 7 nitrogen and oxygen atoms in total. The molecule has 0 spiro atoms. The highest BCUT2D eigenvalue weighted by molar-refractivity contribution is 8.18. The van der Waals surface area contributed by atoms with Crippen molar-refractivity contribution in [2.75, 3.05) is 6.61 Å². The molecule has 3 N–H and O–H groups in total. The van der Waals surface area contributed by atoms with E-state index in [9.17, 15) is 14.7 Å². The van der Waals surface area contributed by atoms with Crippen molar-refractivity contribution in [3.05, 3.63) is 58.5 Å². The van der Waals surface area contributed by atoms with E-state index in [4.69, 9.17) is 9.84 Å². The summed E-state index contributed by atoms with van der Waals surface area (Å²) in [6.45, 7) is 2.22. The number of nitrogens with one attached hydrogen (secondary N) is 1. The maximum Gasteiger partial charge on any atom is 0.335 e. The first kappa shape index (κ1) is 18.5. The summed E-state index contributed by atoms with van der Waals surface area (Å²) in [4.78, 5) is 27.9. The molecule has 1 aliphatic rings. The van der Waals surface area contributed by atoms with Gasteiger partial charge in [0, 0.05) is 0 Å². The molecule has 27 heavy (non-hydrogen) atoms. The fourth-order valence-corrected chi connectivity index (χ4v) is 3.19. The Hall–Kier alpha value is -3.26. The average Bonchev–Trinajstić information content (AvgIpc) is 2.97. The van der Waals surface area contributed by atoms with Crippen molar-refractivity contribution in [2.24, 2.45) is 4.99 Å². The number of phenolic OH excluding ortho intramolecular Hbond substituents is 1. The summed E-state index contributed by atoms with van der Waals surface area (Å²) in [6.07, 6.45) is 1.66. The van der Waals surface area contributed by atoms with Crippen molar-refractivity contribution >= 4 is 40.6 Å². The Morgan fingerprint density at radius 2 is 2.11 bits per heavy atom. The van der Waals surface area contributed by atoms with Crippen molar-refractivity contribution in [3.63, 3.8) is 0 Å². The van der Waals surface area contributed by atoms with Gasteiger partial charge in [-0.3, -0.25) is 4.79 Å². The van der Waals surface area contributed by atoms with Crippen molar-refractivity contribution in [2.45, 2.75) is 6.92 Å². The minimum absolute atomic E-state index is 0.0306. The minimum atomic E-state index is -1.04. The second-order valence-electron chi connectivity index (χ2n) is 5.50. The number of amides is 1. The van der Waals surface area contributed by atoms with Crippen LogP contribution < -0.4 is 10.1 Å². The number of aliphatic imine (C=N–C) groups is 1. The number of nitrogens with zero attached hydrogens (tertiary/aromatic N) is 1. The van der Waals surface area contributed by atoms with Crippen LogP contribution in [0.3, 0.4) is 0 Å². The number of aromatic carboxylic acids is 1. The van der Waals surface area contributed by atoms with Gasteiger partial charge in [0.1, 0.15) is 0 Å². The third kappa shape index (κ3) is 4.48. The number of benzene rings is 2. The molecule has 1 amide bonds. The Balaban J connectivity index is 1.83. The molecule has 1 aliphatic heterocycles. The van der Waals surface area contributed by atoms with E-state index in [0.717, 1.165) is 11.8 Å². The van der Waals surface area contributed by atoms with E-state index in [1.54, 1.807) is 30.3 Å². The second kappa shape index (κ2) is 7.96. The molecule has 0 bridgehead atoms. The topological polar surface area (TPSA) is 108 Å². The lowest BCUT2D eigenvalue weighted by molar-refractivity contribution is -0.115. The zero-order valence-electron chi connectivity index (χ0n) is 14.3. The van der Waals surface area contributed by atoms with Crippen molar-refractivity contribution < 1.29 is 24.5 Å². The van der Waals surface area contributed by atoms with E-state index in [0.29, 0.717) is 33.7 Å². The molecular weight excluding hydrogens is 368 g/mol. The summed E-state index contributed by atoms with van der Waals surface area (Å²) < 4.78 is 5.34. The number of ether oxygens (including phenoxy) is 1. The van der Waals surface area contributed by atoms with Crippen LogP contribution in [-0.2, 0) is 4.79 Å². The highest BCUT2D eigenvalue weighted by Crippen LogP contribution is 2.31. The second-order valence-corrected chi connectivity index (χ2v) is 6.53. The number of hydrogen-bond acceptors (Lipinski definition) is 6. The van der Waals surface area contributed by atoms with E-state index >= 15 is 0 Å². The summed E-state index contributed by atoms with van der Waals surface area (Å²) in [5, 5.41) is 21.8. The molecule has 0 aliphatic carbocycles. The van der Waals surface area contributed by atoms with E-state index < -0.39 is 5.97 Å². The van der Waals surface area contributed by atoms with Crippen LogP contribution in [0.5, 0.6) is 11.5 Å². The molecule has 2 aromatic carbocycles. The Kier molecular flexibility index (Phi) is 5.46. The molecule has 2 aromatic rings. The Morgan fingerprint density at radius 1 is 1.30 bits per heavy atom. The largest absolute Gasteiger partial charge is 0.504 e. The van der Waals surface area contributed by atoms with Crippen molar-refractivity contribution in [3.8, 4) is 11.5 Å². The van der Waals surface area contributed by atoms with Crippen LogP contribution in [0.2, 0.25) is 0 Å². The number of rotatable bonds is 5. The average molecular weight is 384 g/mol. The number of thioether (sulfide) groups is 1. The lowest BCUT2D eigenvalue weighted by Gasteiger charge is -2.06. The van der Waals surface area contributed by atoms with Gasteiger partial charge in [-0.2, -0.15) is 0 Å². The molecule has 0 unspecified atom stereocenters. The molecular formula is C19H16N2O5S. The van der Waals surface area contributed by atoms with Crippen LogP contribution in [0.15, 0.2) is 52.4 Å². The molecule has 1 saturated heterocycles. The van der Waals surface area contributed by atoms with E-state index in [2.05, 4.69) is 10.3 Å². The van der Waals surface area contributed by atoms with Crippen LogP contribution in [0.4, 0.5) is 5.69 Å². The van der Waals surface area contributed by atoms with Crippen LogP contribution in [0.25, 0.3) is 6.08 Å². The van der Waals surface area contributed by atoms with E-state index in [1.165, 1.54) is 18.2 Å². The number of carboxylic acids is 1. The molecule has 138 valence electrons. The third-order valence-electron chi connectivity index (χ3n) is 3.56. The van der Waals surface area contributed by atoms with Gasteiger partial charge >= 0.3 is 5.97 Å².